The molecule has 0 aliphatic rings. The van der Waals surface area contributed by atoms with Crippen molar-refractivity contribution in [3.63, 3.8) is 0 Å². The second kappa shape index (κ2) is 6.22. The number of benzene rings is 2. The number of nitrogens with zero attached hydrogens (tertiary/aromatic N) is 3. The van der Waals surface area contributed by atoms with E-state index in [0.29, 0.717) is 18.3 Å². The minimum Gasteiger partial charge on any atom is -0.362 e. The third kappa shape index (κ3) is 3.11. The summed E-state index contributed by atoms with van der Waals surface area (Å²) in [5.74, 6) is 1.26. The van der Waals surface area contributed by atoms with Gasteiger partial charge in [0.1, 0.15) is 0 Å². The Morgan fingerprint density at radius 1 is 0.952 bits per heavy atom. The van der Waals surface area contributed by atoms with Gasteiger partial charge in [-0.25, -0.2) is 0 Å². The molecule has 1 aromatic heterocycles. The van der Waals surface area contributed by atoms with Gasteiger partial charge in [0, 0.05) is 17.8 Å². The van der Waals surface area contributed by atoms with E-state index in [1.807, 2.05) is 48.5 Å². The van der Waals surface area contributed by atoms with Crippen molar-refractivity contribution >= 4 is 5.69 Å². The van der Waals surface area contributed by atoms with Crippen LogP contribution >= 0.6 is 0 Å². The Morgan fingerprint density at radius 3 is 2.29 bits per heavy atom. The molecule has 0 bridgehead atoms. The van der Waals surface area contributed by atoms with E-state index in [-0.39, 0.29) is 0 Å². The maximum Gasteiger partial charge on any atom is 0.246 e. The number of aromatic nitrogens is 2. The molecule has 0 aliphatic carbocycles. The van der Waals surface area contributed by atoms with Crippen molar-refractivity contribution in [1.29, 1.82) is 0 Å². The normalized spacial score (nSPS) is 10.5. The molecule has 4 heteroatoms. The average Bonchev–Trinajstić information content (AvgIpc) is 3.03. The molecule has 0 fully saturated rings. The molecular formula is C17H17N3O. The number of hydrogen-bond acceptors (Lipinski definition) is 4. The minimum absolute atomic E-state index is 0.611. The van der Waals surface area contributed by atoms with Gasteiger partial charge in [0.25, 0.3) is 0 Å². The van der Waals surface area contributed by atoms with Crippen LogP contribution in [-0.4, -0.2) is 16.7 Å². The summed E-state index contributed by atoms with van der Waals surface area (Å²) in [6.45, 7) is 3.61. The smallest absolute Gasteiger partial charge is 0.246 e. The van der Waals surface area contributed by atoms with E-state index in [1.54, 1.807) is 0 Å². The zero-order valence-electron chi connectivity index (χ0n) is 11.9. The average molecular weight is 279 g/mol. The van der Waals surface area contributed by atoms with Crippen molar-refractivity contribution in [1.82, 2.24) is 10.1 Å². The molecule has 0 amide bonds. The van der Waals surface area contributed by atoms with Crippen LogP contribution in [0.3, 0.4) is 0 Å². The lowest BCUT2D eigenvalue weighted by atomic mass is 10.2. The highest BCUT2D eigenvalue weighted by Crippen LogP contribution is 2.18. The quantitative estimate of drug-likeness (QED) is 0.713. The van der Waals surface area contributed by atoms with Crippen LogP contribution in [0.5, 0.6) is 0 Å². The highest BCUT2D eigenvalue weighted by atomic mass is 16.5. The summed E-state index contributed by atoms with van der Waals surface area (Å²) in [5, 5.41) is 4.05. The van der Waals surface area contributed by atoms with Gasteiger partial charge < -0.3 is 9.42 Å². The molecule has 3 aromatic rings. The molecule has 4 nitrogen and oxygen atoms in total. The summed E-state index contributed by atoms with van der Waals surface area (Å²) in [5.41, 5.74) is 2.12. The molecule has 0 unspecified atom stereocenters. The van der Waals surface area contributed by atoms with E-state index in [9.17, 15) is 0 Å². The fourth-order valence-electron chi connectivity index (χ4n) is 2.21. The van der Waals surface area contributed by atoms with Gasteiger partial charge in [-0.15, -0.1) is 0 Å². The molecule has 0 radical (unpaired) electrons. The molecular weight excluding hydrogens is 262 g/mol. The first-order valence-corrected chi connectivity index (χ1v) is 7.05. The van der Waals surface area contributed by atoms with Crippen LogP contribution in [0.1, 0.15) is 12.8 Å². The fraction of sp³-hybridized carbons (Fsp3) is 0.176. The van der Waals surface area contributed by atoms with Crippen LogP contribution < -0.4 is 4.90 Å². The first-order chi connectivity index (χ1) is 10.4. The SMILES string of the molecule is CCN(Cc1nc(-c2ccccc2)no1)c1ccccc1. The summed E-state index contributed by atoms with van der Waals surface area (Å²) < 4.78 is 5.37. The van der Waals surface area contributed by atoms with Gasteiger partial charge in [0.05, 0.1) is 6.54 Å². The molecule has 2 aromatic carbocycles. The van der Waals surface area contributed by atoms with Crippen molar-refractivity contribution in [2.45, 2.75) is 13.5 Å². The Kier molecular flexibility index (Phi) is 3.96. The Labute approximate surface area is 124 Å². The van der Waals surface area contributed by atoms with E-state index in [1.165, 1.54) is 0 Å². The zero-order chi connectivity index (χ0) is 14.5. The zero-order valence-corrected chi connectivity index (χ0v) is 11.9. The van der Waals surface area contributed by atoms with Gasteiger partial charge in [0.15, 0.2) is 0 Å². The molecule has 106 valence electrons. The maximum absolute atomic E-state index is 5.37. The van der Waals surface area contributed by atoms with Gasteiger partial charge in [-0.1, -0.05) is 53.7 Å². The van der Waals surface area contributed by atoms with Crippen molar-refractivity contribution in [3.8, 4) is 11.4 Å². The van der Waals surface area contributed by atoms with Gasteiger partial charge >= 0.3 is 0 Å². The van der Waals surface area contributed by atoms with Crippen LogP contribution in [0.4, 0.5) is 5.69 Å². The van der Waals surface area contributed by atoms with Gasteiger partial charge in [0.2, 0.25) is 11.7 Å². The van der Waals surface area contributed by atoms with Crippen LogP contribution in [-0.2, 0) is 6.54 Å². The first kappa shape index (κ1) is 13.4. The summed E-state index contributed by atoms with van der Waals surface area (Å²) >= 11 is 0. The summed E-state index contributed by atoms with van der Waals surface area (Å²) in [4.78, 5) is 6.67. The van der Waals surface area contributed by atoms with Crippen LogP contribution in [0.2, 0.25) is 0 Å². The van der Waals surface area contributed by atoms with Gasteiger partial charge in [-0.05, 0) is 19.1 Å². The number of anilines is 1. The number of para-hydroxylation sites is 1. The standard InChI is InChI=1S/C17H17N3O/c1-2-20(15-11-7-4-8-12-15)13-16-18-17(19-21-16)14-9-5-3-6-10-14/h3-12H,2,13H2,1H3. The Hall–Kier alpha value is -2.62. The number of hydrogen-bond donors (Lipinski definition) is 0. The lowest BCUT2D eigenvalue weighted by Gasteiger charge is -2.20. The second-order valence-corrected chi connectivity index (χ2v) is 4.73. The van der Waals surface area contributed by atoms with Crippen molar-refractivity contribution in [2.75, 3.05) is 11.4 Å². The Morgan fingerprint density at radius 2 is 1.62 bits per heavy atom. The Balaban J connectivity index is 1.78. The second-order valence-electron chi connectivity index (χ2n) is 4.73. The fourth-order valence-corrected chi connectivity index (χ4v) is 2.21. The molecule has 0 saturated carbocycles. The highest BCUT2D eigenvalue weighted by Gasteiger charge is 2.12. The summed E-state index contributed by atoms with van der Waals surface area (Å²) in [6, 6.07) is 20.1. The molecule has 0 aliphatic heterocycles. The molecule has 0 N–H and O–H groups in total. The lowest BCUT2D eigenvalue weighted by molar-refractivity contribution is 0.377. The molecule has 1 heterocycles. The topological polar surface area (TPSA) is 42.2 Å². The van der Waals surface area contributed by atoms with Crippen molar-refractivity contribution in [2.24, 2.45) is 0 Å². The van der Waals surface area contributed by atoms with Gasteiger partial charge in [-0.3, -0.25) is 0 Å². The monoisotopic (exact) mass is 279 g/mol. The molecule has 0 saturated heterocycles. The molecule has 0 spiro atoms. The Bertz CT molecular complexity index is 680. The molecule has 0 atom stereocenters. The summed E-state index contributed by atoms with van der Waals surface area (Å²) in [7, 11) is 0. The third-order valence-electron chi connectivity index (χ3n) is 3.33. The lowest BCUT2D eigenvalue weighted by Crippen LogP contribution is -2.22. The predicted molar refractivity (Wildman–Crippen MR) is 82.9 cm³/mol. The van der Waals surface area contributed by atoms with Crippen molar-refractivity contribution in [3.05, 3.63) is 66.6 Å². The van der Waals surface area contributed by atoms with Crippen LogP contribution in [0.15, 0.2) is 65.2 Å². The number of rotatable bonds is 5. The van der Waals surface area contributed by atoms with E-state index >= 15 is 0 Å². The third-order valence-corrected chi connectivity index (χ3v) is 3.33. The van der Waals surface area contributed by atoms with Crippen molar-refractivity contribution < 1.29 is 4.52 Å². The largest absolute Gasteiger partial charge is 0.362 e. The van der Waals surface area contributed by atoms with Gasteiger partial charge in [-0.2, -0.15) is 4.98 Å². The highest BCUT2D eigenvalue weighted by molar-refractivity contribution is 5.53. The maximum atomic E-state index is 5.37. The van der Waals surface area contributed by atoms with Crippen LogP contribution in [0.25, 0.3) is 11.4 Å². The van der Waals surface area contributed by atoms with E-state index < -0.39 is 0 Å². The summed E-state index contributed by atoms with van der Waals surface area (Å²) in [6.07, 6.45) is 0. The van der Waals surface area contributed by atoms with E-state index in [2.05, 4.69) is 34.1 Å². The predicted octanol–water partition coefficient (Wildman–Crippen LogP) is 3.76. The minimum atomic E-state index is 0.611. The van der Waals surface area contributed by atoms with E-state index in [4.69, 9.17) is 4.52 Å². The first-order valence-electron chi connectivity index (χ1n) is 7.05. The van der Waals surface area contributed by atoms with Crippen LogP contribution in [0, 0.1) is 0 Å². The molecule has 21 heavy (non-hydrogen) atoms. The van der Waals surface area contributed by atoms with E-state index in [0.717, 1.165) is 17.8 Å². The molecule has 3 rings (SSSR count).